The molecule has 3 rings (SSSR count). The van der Waals surface area contributed by atoms with Crippen molar-refractivity contribution < 1.29 is 14.6 Å². The standard InChI is InChI=1S/C19H23NO3/c20-9-8-18(21)15-5-3-6-17(11-15)22-12-14-10-16-4-1-2-7-19(16)23-13-14/h1-7,11,14,18,21H,8-10,12-13,20H2. The van der Waals surface area contributed by atoms with E-state index in [2.05, 4.69) is 6.07 Å². The SMILES string of the molecule is NCCC(O)c1cccc(OCC2COc3ccccc3C2)c1. The first-order chi connectivity index (χ1) is 11.3. The van der Waals surface area contributed by atoms with Crippen molar-refractivity contribution in [1.82, 2.24) is 0 Å². The number of para-hydroxylation sites is 1. The van der Waals surface area contributed by atoms with Crippen molar-refractivity contribution in [1.29, 1.82) is 0 Å². The maximum Gasteiger partial charge on any atom is 0.122 e. The Kier molecular flexibility index (Phi) is 5.16. The molecule has 1 heterocycles. The van der Waals surface area contributed by atoms with Gasteiger partial charge in [-0.3, -0.25) is 0 Å². The molecule has 0 saturated carbocycles. The number of nitrogens with two attached hydrogens (primary N) is 1. The Bertz CT molecular complexity index is 644. The molecule has 0 aromatic heterocycles. The maximum atomic E-state index is 10.0. The average Bonchev–Trinajstić information content (AvgIpc) is 2.60. The van der Waals surface area contributed by atoms with Crippen LogP contribution in [0.3, 0.4) is 0 Å². The highest BCUT2D eigenvalue weighted by atomic mass is 16.5. The molecule has 0 bridgehead atoms. The van der Waals surface area contributed by atoms with Gasteiger partial charge in [0.25, 0.3) is 0 Å². The summed E-state index contributed by atoms with van der Waals surface area (Å²) in [5.74, 6) is 2.09. The lowest BCUT2D eigenvalue weighted by Gasteiger charge is -2.25. The molecule has 122 valence electrons. The Morgan fingerprint density at radius 2 is 2.09 bits per heavy atom. The molecular formula is C19H23NO3. The van der Waals surface area contributed by atoms with Crippen LogP contribution in [0.1, 0.15) is 23.7 Å². The first-order valence-electron chi connectivity index (χ1n) is 8.08. The largest absolute Gasteiger partial charge is 0.493 e. The van der Waals surface area contributed by atoms with Crippen molar-refractivity contribution >= 4 is 0 Å². The molecule has 4 nitrogen and oxygen atoms in total. The molecule has 0 radical (unpaired) electrons. The molecule has 0 amide bonds. The van der Waals surface area contributed by atoms with Gasteiger partial charge in [0, 0.05) is 5.92 Å². The summed E-state index contributed by atoms with van der Waals surface area (Å²) in [5, 5.41) is 10.0. The number of fused-ring (bicyclic) bond motifs is 1. The Hall–Kier alpha value is -2.04. The summed E-state index contributed by atoms with van der Waals surface area (Å²) in [6.07, 6.45) is 0.982. The third-order valence-electron chi connectivity index (χ3n) is 4.12. The minimum atomic E-state index is -0.534. The van der Waals surface area contributed by atoms with Crippen molar-refractivity contribution in [3.05, 3.63) is 59.7 Å². The molecule has 2 aromatic carbocycles. The number of hydrogen-bond donors (Lipinski definition) is 2. The van der Waals surface area contributed by atoms with E-state index in [0.717, 1.165) is 23.5 Å². The lowest BCUT2D eigenvalue weighted by atomic mass is 9.97. The Morgan fingerprint density at radius 1 is 1.22 bits per heavy atom. The summed E-state index contributed by atoms with van der Waals surface area (Å²) in [4.78, 5) is 0. The smallest absolute Gasteiger partial charge is 0.122 e. The van der Waals surface area contributed by atoms with Crippen molar-refractivity contribution in [3.8, 4) is 11.5 Å². The van der Waals surface area contributed by atoms with Crippen LogP contribution in [0.2, 0.25) is 0 Å². The number of aliphatic hydroxyl groups is 1. The van der Waals surface area contributed by atoms with E-state index >= 15 is 0 Å². The van der Waals surface area contributed by atoms with Crippen LogP contribution in [-0.4, -0.2) is 24.9 Å². The molecule has 0 spiro atoms. The molecule has 0 fully saturated rings. The second-order valence-corrected chi connectivity index (χ2v) is 5.97. The second kappa shape index (κ2) is 7.49. The monoisotopic (exact) mass is 313 g/mol. The van der Waals surface area contributed by atoms with Gasteiger partial charge in [0.2, 0.25) is 0 Å². The maximum absolute atomic E-state index is 10.0. The zero-order valence-electron chi connectivity index (χ0n) is 13.2. The highest BCUT2D eigenvalue weighted by Gasteiger charge is 2.20. The van der Waals surface area contributed by atoms with E-state index in [9.17, 15) is 5.11 Å². The number of aliphatic hydroxyl groups excluding tert-OH is 1. The van der Waals surface area contributed by atoms with Crippen molar-refractivity contribution in [2.75, 3.05) is 19.8 Å². The molecule has 2 unspecified atom stereocenters. The summed E-state index contributed by atoms with van der Waals surface area (Å²) in [5.41, 5.74) is 7.58. The number of benzene rings is 2. The predicted octanol–water partition coefficient (Wildman–Crippen LogP) is 2.70. The number of hydrogen-bond acceptors (Lipinski definition) is 4. The zero-order valence-corrected chi connectivity index (χ0v) is 13.2. The van der Waals surface area contributed by atoms with Crippen LogP contribution >= 0.6 is 0 Å². The lowest BCUT2D eigenvalue weighted by Crippen LogP contribution is -2.26. The Labute approximate surface area is 136 Å². The second-order valence-electron chi connectivity index (χ2n) is 5.97. The summed E-state index contributed by atoms with van der Waals surface area (Å²) in [6, 6.07) is 15.7. The van der Waals surface area contributed by atoms with Gasteiger partial charge in [0.1, 0.15) is 11.5 Å². The minimum Gasteiger partial charge on any atom is -0.493 e. The van der Waals surface area contributed by atoms with E-state index in [1.165, 1.54) is 5.56 Å². The van der Waals surface area contributed by atoms with Gasteiger partial charge < -0.3 is 20.3 Å². The quantitative estimate of drug-likeness (QED) is 0.860. The average molecular weight is 313 g/mol. The summed E-state index contributed by atoms with van der Waals surface area (Å²) in [7, 11) is 0. The zero-order chi connectivity index (χ0) is 16.1. The van der Waals surface area contributed by atoms with Gasteiger partial charge in [-0.25, -0.2) is 0 Å². The van der Waals surface area contributed by atoms with E-state index in [1.54, 1.807) is 0 Å². The Morgan fingerprint density at radius 3 is 2.96 bits per heavy atom. The van der Waals surface area contributed by atoms with Gasteiger partial charge in [-0.2, -0.15) is 0 Å². The van der Waals surface area contributed by atoms with Gasteiger partial charge >= 0.3 is 0 Å². The van der Waals surface area contributed by atoms with Crippen molar-refractivity contribution in [2.45, 2.75) is 18.9 Å². The number of ether oxygens (including phenoxy) is 2. The molecule has 0 aliphatic carbocycles. The first-order valence-corrected chi connectivity index (χ1v) is 8.08. The van der Waals surface area contributed by atoms with Crippen molar-refractivity contribution in [3.63, 3.8) is 0 Å². The highest BCUT2D eigenvalue weighted by molar-refractivity contribution is 5.35. The third kappa shape index (κ3) is 4.03. The molecule has 2 aromatic rings. The number of rotatable bonds is 6. The predicted molar refractivity (Wildman–Crippen MR) is 89.7 cm³/mol. The van der Waals surface area contributed by atoms with E-state index < -0.39 is 6.10 Å². The summed E-state index contributed by atoms with van der Waals surface area (Å²) >= 11 is 0. The van der Waals surface area contributed by atoms with Crippen LogP contribution in [0.15, 0.2) is 48.5 Å². The molecule has 1 aliphatic rings. The van der Waals surface area contributed by atoms with E-state index in [0.29, 0.717) is 32.1 Å². The minimum absolute atomic E-state index is 0.336. The van der Waals surface area contributed by atoms with Crippen LogP contribution in [0.25, 0.3) is 0 Å². The van der Waals surface area contributed by atoms with Gasteiger partial charge in [0.15, 0.2) is 0 Å². The molecular weight excluding hydrogens is 290 g/mol. The fourth-order valence-electron chi connectivity index (χ4n) is 2.85. The van der Waals surface area contributed by atoms with Gasteiger partial charge in [0.05, 0.1) is 19.3 Å². The van der Waals surface area contributed by atoms with Crippen LogP contribution < -0.4 is 15.2 Å². The van der Waals surface area contributed by atoms with Gasteiger partial charge in [-0.15, -0.1) is 0 Å². The first kappa shape index (κ1) is 15.8. The van der Waals surface area contributed by atoms with Crippen LogP contribution in [-0.2, 0) is 6.42 Å². The molecule has 2 atom stereocenters. The normalized spacial score (nSPS) is 17.9. The van der Waals surface area contributed by atoms with E-state index in [-0.39, 0.29) is 0 Å². The van der Waals surface area contributed by atoms with Crippen LogP contribution in [0, 0.1) is 5.92 Å². The van der Waals surface area contributed by atoms with Gasteiger partial charge in [-0.05, 0) is 48.7 Å². The van der Waals surface area contributed by atoms with E-state index in [4.69, 9.17) is 15.2 Å². The molecule has 0 saturated heterocycles. The van der Waals surface area contributed by atoms with Crippen molar-refractivity contribution in [2.24, 2.45) is 11.7 Å². The molecule has 4 heteroatoms. The summed E-state index contributed by atoms with van der Waals surface area (Å²) < 4.78 is 11.7. The third-order valence-corrected chi connectivity index (χ3v) is 4.12. The molecule has 23 heavy (non-hydrogen) atoms. The van der Waals surface area contributed by atoms with Gasteiger partial charge in [-0.1, -0.05) is 30.3 Å². The van der Waals surface area contributed by atoms with Crippen LogP contribution in [0.5, 0.6) is 11.5 Å². The fraction of sp³-hybridized carbons (Fsp3) is 0.368. The summed E-state index contributed by atoms with van der Waals surface area (Å²) in [6.45, 7) is 1.74. The molecule has 3 N–H and O–H groups in total. The lowest BCUT2D eigenvalue weighted by molar-refractivity contribution is 0.156. The Balaban J connectivity index is 1.58. The highest BCUT2D eigenvalue weighted by Crippen LogP contribution is 2.27. The topological polar surface area (TPSA) is 64.7 Å². The fourth-order valence-corrected chi connectivity index (χ4v) is 2.85. The van der Waals surface area contributed by atoms with E-state index in [1.807, 2.05) is 42.5 Å². The van der Waals surface area contributed by atoms with Crippen LogP contribution in [0.4, 0.5) is 0 Å². The molecule has 1 aliphatic heterocycles.